The van der Waals surface area contributed by atoms with E-state index < -0.39 is 11.6 Å². The van der Waals surface area contributed by atoms with E-state index in [1.807, 2.05) is 0 Å². The van der Waals surface area contributed by atoms with Gasteiger partial charge in [-0.2, -0.15) is 15.3 Å². The fourth-order valence-electron chi connectivity index (χ4n) is 1.72. The lowest BCUT2D eigenvalue weighted by molar-refractivity contribution is 0.509. The maximum Gasteiger partial charge on any atom is 0.159 e. The number of nitrogens with one attached hydrogen (secondary N) is 1. The molecule has 2 aromatic heterocycles. The van der Waals surface area contributed by atoms with E-state index in [0.717, 1.165) is 17.7 Å². The highest BCUT2D eigenvalue weighted by Gasteiger charge is 2.08. The van der Waals surface area contributed by atoms with E-state index in [0.29, 0.717) is 17.0 Å². The molecule has 0 bridgehead atoms. The van der Waals surface area contributed by atoms with E-state index >= 15 is 0 Å². The van der Waals surface area contributed by atoms with E-state index in [2.05, 4.69) is 20.4 Å². The second-order valence-electron chi connectivity index (χ2n) is 3.93. The van der Waals surface area contributed by atoms with Gasteiger partial charge in [-0.25, -0.2) is 8.78 Å². The van der Waals surface area contributed by atoms with E-state index in [4.69, 9.17) is 0 Å². The molecule has 0 saturated heterocycles. The van der Waals surface area contributed by atoms with Crippen LogP contribution in [0.25, 0.3) is 22.5 Å². The van der Waals surface area contributed by atoms with Crippen molar-refractivity contribution in [1.29, 1.82) is 0 Å². The second-order valence-corrected chi connectivity index (χ2v) is 3.93. The number of hydrogen-bond acceptors (Lipinski definition) is 3. The van der Waals surface area contributed by atoms with Crippen molar-refractivity contribution >= 4 is 0 Å². The molecule has 3 aromatic rings. The molecular formula is C13H8F2N4. The monoisotopic (exact) mass is 258 g/mol. The number of rotatable bonds is 2. The third kappa shape index (κ3) is 2.20. The molecule has 0 amide bonds. The van der Waals surface area contributed by atoms with Gasteiger partial charge in [-0.1, -0.05) is 0 Å². The van der Waals surface area contributed by atoms with Crippen LogP contribution in [0.15, 0.2) is 42.7 Å². The molecule has 94 valence electrons. The Morgan fingerprint density at radius 2 is 1.79 bits per heavy atom. The van der Waals surface area contributed by atoms with Crippen molar-refractivity contribution in [1.82, 2.24) is 20.4 Å². The first kappa shape index (κ1) is 11.5. The fraction of sp³-hybridized carbons (Fsp3) is 0. The lowest BCUT2D eigenvalue weighted by atomic mass is 10.1. The van der Waals surface area contributed by atoms with Crippen LogP contribution in [-0.2, 0) is 0 Å². The summed E-state index contributed by atoms with van der Waals surface area (Å²) in [6.07, 6.45) is 3.13. The topological polar surface area (TPSA) is 54.5 Å². The highest BCUT2D eigenvalue weighted by Crippen LogP contribution is 2.24. The summed E-state index contributed by atoms with van der Waals surface area (Å²) in [4.78, 5) is 0. The summed E-state index contributed by atoms with van der Waals surface area (Å²) >= 11 is 0. The summed E-state index contributed by atoms with van der Waals surface area (Å²) in [6.45, 7) is 0. The molecule has 0 aliphatic carbocycles. The molecule has 3 rings (SSSR count). The largest absolute Gasteiger partial charge is 0.277 e. The number of nitrogens with zero attached hydrogens (tertiary/aromatic N) is 3. The number of halogens is 2. The molecule has 0 fully saturated rings. The van der Waals surface area contributed by atoms with Crippen LogP contribution in [0, 0.1) is 11.6 Å². The number of hydrogen-bond donors (Lipinski definition) is 1. The van der Waals surface area contributed by atoms with Gasteiger partial charge in [0.05, 0.1) is 23.8 Å². The standard InChI is InChI=1S/C13H8F2N4/c14-10-2-1-8(5-11(10)15)12-6-13(19-18-12)9-3-4-16-17-7-9/h1-7H,(H,18,19). The summed E-state index contributed by atoms with van der Waals surface area (Å²) in [5.74, 6) is -1.76. The predicted molar refractivity (Wildman–Crippen MR) is 65.0 cm³/mol. The number of aromatic nitrogens is 4. The van der Waals surface area contributed by atoms with Crippen LogP contribution in [0.3, 0.4) is 0 Å². The number of aromatic amines is 1. The van der Waals surface area contributed by atoms with Crippen LogP contribution < -0.4 is 0 Å². The lowest BCUT2D eigenvalue weighted by Crippen LogP contribution is -1.85. The SMILES string of the molecule is Fc1ccc(-c2cc(-c3ccnnc3)n[nH]2)cc1F. The van der Waals surface area contributed by atoms with Gasteiger partial charge >= 0.3 is 0 Å². The van der Waals surface area contributed by atoms with Crippen LogP contribution in [-0.4, -0.2) is 20.4 Å². The van der Waals surface area contributed by atoms with Gasteiger partial charge in [0, 0.05) is 11.1 Å². The zero-order chi connectivity index (χ0) is 13.2. The molecule has 2 heterocycles. The van der Waals surface area contributed by atoms with Crippen molar-refractivity contribution in [3.05, 3.63) is 54.4 Å². The van der Waals surface area contributed by atoms with E-state index in [-0.39, 0.29) is 0 Å². The zero-order valence-electron chi connectivity index (χ0n) is 9.64. The molecule has 0 radical (unpaired) electrons. The molecule has 1 N–H and O–H groups in total. The summed E-state index contributed by atoms with van der Waals surface area (Å²) in [5.41, 5.74) is 2.58. The Hall–Kier alpha value is -2.63. The molecule has 0 unspecified atom stereocenters. The van der Waals surface area contributed by atoms with Gasteiger partial charge in [0.2, 0.25) is 0 Å². The van der Waals surface area contributed by atoms with Crippen LogP contribution in [0.2, 0.25) is 0 Å². The third-order valence-electron chi connectivity index (χ3n) is 2.69. The highest BCUT2D eigenvalue weighted by molar-refractivity contribution is 5.67. The van der Waals surface area contributed by atoms with E-state index in [1.54, 1.807) is 24.5 Å². The number of benzene rings is 1. The average Bonchev–Trinajstić information content (AvgIpc) is 2.93. The molecule has 0 saturated carbocycles. The second kappa shape index (κ2) is 4.56. The Morgan fingerprint density at radius 3 is 2.53 bits per heavy atom. The molecule has 4 nitrogen and oxygen atoms in total. The first-order valence-corrected chi connectivity index (χ1v) is 5.52. The van der Waals surface area contributed by atoms with Gasteiger partial charge in [-0.3, -0.25) is 5.10 Å². The Morgan fingerprint density at radius 1 is 0.895 bits per heavy atom. The molecule has 0 atom stereocenters. The minimum Gasteiger partial charge on any atom is -0.277 e. The Labute approximate surface area is 107 Å². The van der Waals surface area contributed by atoms with Gasteiger partial charge in [-0.15, -0.1) is 0 Å². The summed E-state index contributed by atoms with van der Waals surface area (Å²) in [6, 6.07) is 7.19. The van der Waals surface area contributed by atoms with Crippen molar-refractivity contribution < 1.29 is 8.78 Å². The van der Waals surface area contributed by atoms with Gasteiger partial charge in [-0.05, 0) is 30.3 Å². The minimum atomic E-state index is -0.890. The maximum atomic E-state index is 13.2. The first-order valence-electron chi connectivity index (χ1n) is 5.52. The van der Waals surface area contributed by atoms with E-state index in [1.165, 1.54) is 6.07 Å². The number of H-pyrrole nitrogens is 1. The Bertz CT molecular complexity index is 710. The van der Waals surface area contributed by atoms with Crippen LogP contribution >= 0.6 is 0 Å². The molecular weight excluding hydrogens is 250 g/mol. The maximum absolute atomic E-state index is 13.2. The molecule has 1 aromatic carbocycles. The first-order chi connectivity index (χ1) is 9.24. The van der Waals surface area contributed by atoms with Gasteiger partial charge in [0.25, 0.3) is 0 Å². The minimum absolute atomic E-state index is 0.527. The average molecular weight is 258 g/mol. The van der Waals surface area contributed by atoms with E-state index in [9.17, 15) is 8.78 Å². The van der Waals surface area contributed by atoms with Crippen LogP contribution in [0.5, 0.6) is 0 Å². The lowest BCUT2D eigenvalue weighted by Gasteiger charge is -1.97. The van der Waals surface area contributed by atoms with Crippen LogP contribution in [0.1, 0.15) is 0 Å². The van der Waals surface area contributed by atoms with Gasteiger partial charge < -0.3 is 0 Å². The Balaban J connectivity index is 1.99. The molecule has 19 heavy (non-hydrogen) atoms. The molecule has 0 aliphatic heterocycles. The summed E-state index contributed by atoms with van der Waals surface area (Å²) < 4.78 is 26.0. The summed E-state index contributed by atoms with van der Waals surface area (Å²) in [5, 5.41) is 14.3. The Kier molecular flexibility index (Phi) is 2.75. The predicted octanol–water partition coefficient (Wildman–Crippen LogP) is 2.81. The van der Waals surface area contributed by atoms with Crippen molar-refractivity contribution in [3.63, 3.8) is 0 Å². The van der Waals surface area contributed by atoms with Crippen LogP contribution in [0.4, 0.5) is 8.78 Å². The molecule has 6 heteroatoms. The molecule has 0 spiro atoms. The fourth-order valence-corrected chi connectivity index (χ4v) is 1.72. The quantitative estimate of drug-likeness (QED) is 0.769. The highest BCUT2D eigenvalue weighted by atomic mass is 19.2. The smallest absolute Gasteiger partial charge is 0.159 e. The molecule has 0 aliphatic rings. The van der Waals surface area contributed by atoms with Crippen molar-refractivity contribution in [2.24, 2.45) is 0 Å². The normalized spacial score (nSPS) is 10.6. The summed E-state index contributed by atoms with van der Waals surface area (Å²) in [7, 11) is 0. The van der Waals surface area contributed by atoms with Gasteiger partial charge in [0.1, 0.15) is 0 Å². The van der Waals surface area contributed by atoms with Crippen molar-refractivity contribution in [3.8, 4) is 22.5 Å². The third-order valence-corrected chi connectivity index (χ3v) is 2.69. The van der Waals surface area contributed by atoms with Gasteiger partial charge in [0.15, 0.2) is 11.6 Å². The van der Waals surface area contributed by atoms with Crippen molar-refractivity contribution in [2.45, 2.75) is 0 Å². The zero-order valence-corrected chi connectivity index (χ0v) is 9.64. The van der Waals surface area contributed by atoms with Crippen molar-refractivity contribution in [2.75, 3.05) is 0 Å².